The minimum absolute atomic E-state index is 0.441. The van der Waals surface area contributed by atoms with Gasteiger partial charge in [0.1, 0.15) is 10.8 Å². The van der Waals surface area contributed by atoms with E-state index in [9.17, 15) is 0 Å². The maximum Gasteiger partial charge on any atom is 0.129 e. The minimum Gasteiger partial charge on any atom is -0.389 e. The fourth-order valence-electron chi connectivity index (χ4n) is 2.57. The molecule has 2 heterocycles. The predicted octanol–water partition coefficient (Wildman–Crippen LogP) is 1.25. The predicted molar refractivity (Wildman–Crippen MR) is 81.5 cm³/mol. The summed E-state index contributed by atoms with van der Waals surface area (Å²) in [5, 5.41) is 0. The molecule has 0 atom stereocenters. The Kier molecular flexibility index (Phi) is 3.66. The number of hydrogen-bond donors (Lipinski definition) is 1. The van der Waals surface area contributed by atoms with Gasteiger partial charge in [-0.1, -0.05) is 12.2 Å². The van der Waals surface area contributed by atoms with E-state index in [1.54, 1.807) is 6.20 Å². The van der Waals surface area contributed by atoms with Gasteiger partial charge in [-0.25, -0.2) is 4.98 Å². The second-order valence-electron chi connectivity index (χ2n) is 5.50. The van der Waals surface area contributed by atoms with Crippen molar-refractivity contribution < 1.29 is 0 Å². The lowest BCUT2D eigenvalue weighted by Crippen LogP contribution is -2.47. The second-order valence-corrected chi connectivity index (χ2v) is 5.94. The van der Waals surface area contributed by atoms with E-state index in [1.165, 1.54) is 19.4 Å². The third kappa shape index (κ3) is 3.22. The monoisotopic (exact) mass is 276 g/mol. The summed E-state index contributed by atoms with van der Waals surface area (Å²) in [7, 11) is 0. The zero-order valence-corrected chi connectivity index (χ0v) is 11.9. The van der Waals surface area contributed by atoms with Crippen LogP contribution in [-0.4, -0.2) is 47.6 Å². The van der Waals surface area contributed by atoms with Gasteiger partial charge in [0.15, 0.2) is 0 Å². The smallest absolute Gasteiger partial charge is 0.129 e. The average Bonchev–Trinajstić information content (AvgIpc) is 3.24. The molecule has 1 aliphatic heterocycles. The van der Waals surface area contributed by atoms with Crippen LogP contribution in [0.15, 0.2) is 18.3 Å². The quantitative estimate of drug-likeness (QED) is 0.839. The van der Waals surface area contributed by atoms with Crippen LogP contribution in [0.2, 0.25) is 0 Å². The first-order valence-electron chi connectivity index (χ1n) is 6.95. The summed E-state index contributed by atoms with van der Waals surface area (Å²) in [6.07, 6.45) is 4.65. The molecule has 2 N–H and O–H groups in total. The number of nitrogens with two attached hydrogens (primary N) is 1. The number of rotatable bonds is 4. The van der Waals surface area contributed by atoms with Crippen molar-refractivity contribution in [2.24, 2.45) is 11.7 Å². The van der Waals surface area contributed by atoms with Crippen molar-refractivity contribution in [3.05, 3.63) is 23.9 Å². The minimum atomic E-state index is 0.441. The largest absolute Gasteiger partial charge is 0.389 e. The maximum atomic E-state index is 5.67. The highest BCUT2D eigenvalue weighted by Crippen LogP contribution is 2.30. The van der Waals surface area contributed by atoms with Crippen LogP contribution in [0.4, 0.5) is 5.82 Å². The highest BCUT2D eigenvalue weighted by Gasteiger charge is 2.26. The highest BCUT2D eigenvalue weighted by molar-refractivity contribution is 7.80. The summed E-state index contributed by atoms with van der Waals surface area (Å²) in [6, 6.07) is 3.87. The molecule has 3 rings (SSSR count). The van der Waals surface area contributed by atoms with E-state index in [4.69, 9.17) is 18.0 Å². The number of nitrogens with zero attached hydrogens (tertiary/aromatic N) is 3. The molecular weight excluding hydrogens is 256 g/mol. The van der Waals surface area contributed by atoms with Crippen LogP contribution >= 0.6 is 12.2 Å². The van der Waals surface area contributed by atoms with Crippen molar-refractivity contribution in [3.8, 4) is 0 Å². The highest BCUT2D eigenvalue weighted by atomic mass is 32.1. The Morgan fingerprint density at radius 2 is 2.05 bits per heavy atom. The van der Waals surface area contributed by atoms with Gasteiger partial charge >= 0.3 is 0 Å². The molecule has 2 aliphatic rings. The van der Waals surface area contributed by atoms with Crippen molar-refractivity contribution >= 4 is 23.0 Å². The van der Waals surface area contributed by atoms with E-state index >= 15 is 0 Å². The Morgan fingerprint density at radius 1 is 1.32 bits per heavy atom. The van der Waals surface area contributed by atoms with Crippen molar-refractivity contribution in [1.29, 1.82) is 0 Å². The molecule has 102 valence electrons. The summed E-state index contributed by atoms with van der Waals surface area (Å²) in [5.74, 6) is 1.97. The molecule has 2 fully saturated rings. The SMILES string of the molecule is NC(=S)c1ccnc(N2CCN(CC3CC3)CC2)c1. The molecular formula is C14H20N4S. The van der Waals surface area contributed by atoms with Crippen molar-refractivity contribution in [1.82, 2.24) is 9.88 Å². The molecule has 5 heteroatoms. The zero-order valence-electron chi connectivity index (χ0n) is 11.1. The number of anilines is 1. The van der Waals surface area contributed by atoms with Gasteiger partial charge in [-0.3, -0.25) is 4.90 Å². The van der Waals surface area contributed by atoms with E-state index < -0.39 is 0 Å². The maximum absolute atomic E-state index is 5.67. The van der Waals surface area contributed by atoms with Gasteiger partial charge < -0.3 is 10.6 Å². The lowest BCUT2D eigenvalue weighted by molar-refractivity contribution is 0.247. The van der Waals surface area contributed by atoms with Crippen molar-refractivity contribution in [3.63, 3.8) is 0 Å². The summed E-state index contributed by atoms with van der Waals surface area (Å²) in [6.45, 7) is 5.64. The molecule has 0 bridgehead atoms. The van der Waals surface area contributed by atoms with E-state index in [-0.39, 0.29) is 0 Å². The molecule has 0 radical (unpaired) electrons. The Balaban J connectivity index is 1.60. The lowest BCUT2D eigenvalue weighted by Gasteiger charge is -2.35. The molecule has 0 unspecified atom stereocenters. The van der Waals surface area contributed by atoms with E-state index in [2.05, 4.69) is 14.8 Å². The van der Waals surface area contributed by atoms with E-state index in [1.807, 2.05) is 12.1 Å². The normalized spacial score (nSPS) is 20.5. The fourth-order valence-corrected chi connectivity index (χ4v) is 2.70. The summed E-state index contributed by atoms with van der Waals surface area (Å²) >= 11 is 5.02. The first kappa shape index (κ1) is 12.8. The molecule has 1 saturated carbocycles. The first-order valence-corrected chi connectivity index (χ1v) is 7.36. The van der Waals surface area contributed by atoms with Gasteiger partial charge in [0.25, 0.3) is 0 Å². The number of hydrogen-bond acceptors (Lipinski definition) is 4. The van der Waals surface area contributed by atoms with E-state index in [0.717, 1.165) is 43.5 Å². The van der Waals surface area contributed by atoms with Gasteiger partial charge in [0, 0.05) is 44.5 Å². The van der Waals surface area contributed by atoms with Gasteiger partial charge in [0.2, 0.25) is 0 Å². The second kappa shape index (κ2) is 5.43. The number of aromatic nitrogens is 1. The molecule has 4 nitrogen and oxygen atoms in total. The molecule has 19 heavy (non-hydrogen) atoms. The third-order valence-electron chi connectivity index (χ3n) is 3.94. The van der Waals surface area contributed by atoms with Crippen LogP contribution < -0.4 is 10.6 Å². The van der Waals surface area contributed by atoms with Crippen LogP contribution in [-0.2, 0) is 0 Å². The topological polar surface area (TPSA) is 45.4 Å². The molecule has 1 saturated heterocycles. The van der Waals surface area contributed by atoms with Crippen LogP contribution in [0.1, 0.15) is 18.4 Å². The van der Waals surface area contributed by atoms with Crippen molar-refractivity contribution in [2.45, 2.75) is 12.8 Å². The Labute approximate surface area is 119 Å². The zero-order chi connectivity index (χ0) is 13.2. The molecule has 1 aromatic heterocycles. The number of piperazine rings is 1. The molecule has 0 amide bonds. The third-order valence-corrected chi connectivity index (χ3v) is 4.18. The summed E-state index contributed by atoms with van der Waals surface area (Å²) < 4.78 is 0. The molecule has 0 spiro atoms. The van der Waals surface area contributed by atoms with Crippen LogP contribution in [0.5, 0.6) is 0 Å². The Hall–Kier alpha value is -1.20. The van der Waals surface area contributed by atoms with Crippen LogP contribution in [0.3, 0.4) is 0 Å². The average molecular weight is 276 g/mol. The fraction of sp³-hybridized carbons (Fsp3) is 0.571. The molecule has 1 aromatic rings. The molecule has 0 aromatic carbocycles. The number of pyridine rings is 1. The first-order chi connectivity index (χ1) is 9.22. The van der Waals surface area contributed by atoms with E-state index in [0.29, 0.717) is 4.99 Å². The number of thiocarbonyl (C=S) groups is 1. The summed E-state index contributed by atoms with van der Waals surface area (Å²) in [5.41, 5.74) is 6.58. The Bertz CT molecular complexity index is 464. The molecule has 1 aliphatic carbocycles. The van der Waals surface area contributed by atoms with Gasteiger partial charge in [0.05, 0.1) is 0 Å². The lowest BCUT2D eigenvalue weighted by atomic mass is 10.2. The Morgan fingerprint density at radius 3 is 2.68 bits per heavy atom. The summed E-state index contributed by atoms with van der Waals surface area (Å²) in [4.78, 5) is 9.78. The van der Waals surface area contributed by atoms with Crippen molar-refractivity contribution in [2.75, 3.05) is 37.6 Å². The van der Waals surface area contributed by atoms with Gasteiger partial charge in [-0.15, -0.1) is 0 Å². The van der Waals surface area contributed by atoms with Crippen LogP contribution in [0, 0.1) is 5.92 Å². The van der Waals surface area contributed by atoms with Crippen LogP contribution in [0.25, 0.3) is 0 Å². The van der Waals surface area contributed by atoms with Gasteiger partial charge in [-0.05, 0) is 30.9 Å². The standard InChI is InChI=1S/C14H20N4S/c15-14(19)12-3-4-16-13(9-12)18-7-5-17(6-8-18)10-11-1-2-11/h3-4,9,11H,1-2,5-8,10H2,(H2,15,19). The van der Waals surface area contributed by atoms with Gasteiger partial charge in [-0.2, -0.15) is 0 Å².